The fraction of sp³-hybridized carbons (Fsp3) is 0.875. The van der Waals surface area contributed by atoms with Gasteiger partial charge >= 0.3 is 0 Å². The molecule has 1 aliphatic carbocycles. The van der Waals surface area contributed by atoms with E-state index in [9.17, 15) is 9.59 Å². The van der Waals surface area contributed by atoms with E-state index in [1.54, 1.807) is 0 Å². The molecule has 1 aliphatic heterocycles. The minimum Gasteiger partial charge on any atom is -0.344 e. The highest BCUT2D eigenvalue weighted by Crippen LogP contribution is 2.36. The number of carbonyl (C=O) groups is 2. The van der Waals surface area contributed by atoms with Crippen molar-refractivity contribution in [3.63, 3.8) is 0 Å². The molecule has 4 nitrogen and oxygen atoms in total. The van der Waals surface area contributed by atoms with Crippen LogP contribution in [-0.2, 0) is 9.59 Å². The highest BCUT2D eigenvalue weighted by atomic mass is 16.2. The molecule has 20 heavy (non-hydrogen) atoms. The van der Waals surface area contributed by atoms with Gasteiger partial charge in [0.1, 0.15) is 6.04 Å². The van der Waals surface area contributed by atoms with Crippen LogP contribution in [0.4, 0.5) is 0 Å². The van der Waals surface area contributed by atoms with Gasteiger partial charge < -0.3 is 10.2 Å². The molecule has 1 heterocycles. The zero-order valence-corrected chi connectivity index (χ0v) is 13.3. The van der Waals surface area contributed by atoms with Gasteiger partial charge in [-0.15, -0.1) is 0 Å². The van der Waals surface area contributed by atoms with E-state index >= 15 is 0 Å². The zero-order chi connectivity index (χ0) is 15.0. The molecular formula is C16H28N2O2. The number of carbonyl (C=O) groups excluding carboxylic acids is 2. The van der Waals surface area contributed by atoms with Crippen LogP contribution >= 0.6 is 0 Å². The zero-order valence-electron chi connectivity index (χ0n) is 13.3. The molecule has 1 N–H and O–H groups in total. The van der Waals surface area contributed by atoms with Crippen molar-refractivity contribution in [1.82, 2.24) is 10.2 Å². The number of nitrogens with one attached hydrogen (secondary N) is 1. The Morgan fingerprint density at radius 2 is 1.75 bits per heavy atom. The summed E-state index contributed by atoms with van der Waals surface area (Å²) in [6.45, 7) is 8.81. The molecular weight excluding hydrogens is 252 g/mol. The van der Waals surface area contributed by atoms with E-state index in [1.807, 2.05) is 25.7 Å². The van der Waals surface area contributed by atoms with Crippen LogP contribution in [0.3, 0.4) is 0 Å². The van der Waals surface area contributed by atoms with Crippen molar-refractivity contribution in [3.05, 3.63) is 0 Å². The molecule has 1 atom stereocenters. The van der Waals surface area contributed by atoms with Crippen molar-refractivity contribution in [2.24, 2.45) is 5.41 Å². The molecule has 1 saturated heterocycles. The van der Waals surface area contributed by atoms with E-state index < -0.39 is 6.04 Å². The summed E-state index contributed by atoms with van der Waals surface area (Å²) in [5, 5.41) is 2.92. The lowest BCUT2D eigenvalue weighted by atomic mass is 9.80. The minimum atomic E-state index is -0.406. The Morgan fingerprint density at radius 3 is 2.30 bits per heavy atom. The van der Waals surface area contributed by atoms with Crippen LogP contribution in [-0.4, -0.2) is 34.8 Å². The molecule has 2 aliphatic rings. The molecule has 114 valence electrons. The maximum absolute atomic E-state index is 13.0. The van der Waals surface area contributed by atoms with Gasteiger partial charge in [-0.05, 0) is 25.2 Å². The Hall–Kier alpha value is -1.06. The second kappa shape index (κ2) is 5.38. The summed E-state index contributed by atoms with van der Waals surface area (Å²) in [4.78, 5) is 26.9. The average molecular weight is 280 g/mol. The third-order valence-electron chi connectivity index (χ3n) is 4.83. The van der Waals surface area contributed by atoms with E-state index in [0.29, 0.717) is 13.0 Å². The smallest absolute Gasteiger partial charge is 0.246 e. The molecule has 0 aromatic rings. The van der Waals surface area contributed by atoms with Gasteiger partial charge in [-0.2, -0.15) is 0 Å². The number of rotatable bonds is 1. The van der Waals surface area contributed by atoms with Gasteiger partial charge in [0.05, 0.1) is 0 Å². The van der Waals surface area contributed by atoms with Gasteiger partial charge in [0.15, 0.2) is 0 Å². The number of hydrogen-bond donors (Lipinski definition) is 1. The monoisotopic (exact) mass is 280 g/mol. The van der Waals surface area contributed by atoms with Crippen LogP contribution in [0.2, 0.25) is 0 Å². The van der Waals surface area contributed by atoms with Crippen LogP contribution in [0.15, 0.2) is 0 Å². The quantitative estimate of drug-likeness (QED) is 0.802. The summed E-state index contributed by atoms with van der Waals surface area (Å²) in [5.41, 5.74) is -0.314. The van der Waals surface area contributed by atoms with Crippen molar-refractivity contribution in [3.8, 4) is 0 Å². The fourth-order valence-corrected chi connectivity index (χ4v) is 3.48. The van der Waals surface area contributed by atoms with E-state index in [4.69, 9.17) is 0 Å². The first-order valence-electron chi connectivity index (χ1n) is 7.85. The van der Waals surface area contributed by atoms with Crippen molar-refractivity contribution >= 4 is 11.8 Å². The Morgan fingerprint density at radius 1 is 1.15 bits per heavy atom. The van der Waals surface area contributed by atoms with Crippen LogP contribution in [0, 0.1) is 5.41 Å². The van der Waals surface area contributed by atoms with Gasteiger partial charge in [-0.25, -0.2) is 0 Å². The predicted molar refractivity (Wildman–Crippen MR) is 79.2 cm³/mol. The topological polar surface area (TPSA) is 49.4 Å². The standard InChI is InChI=1S/C16H28N2O2/c1-15(2,3)13-14(20)18(11-8-12(19)17-13)16(4)9-6-5-7-10-16/h13H,5-11H2,1-4H3,(H,17,19). The average Bonchev–Trinajstić information content (AvgIpc) is 2.49. The van der Waals surface area contributed by atoms with Gasteiger partial charge in [0, 0.05) is 18.5 Å². The molecule has 0 spiro atoms. The summed E-state index contributed by atoms with van der Waals surface area (Å²) >= 11 is 0. The summed E-state index contributed by atoms with van der Waals surface area (Å²) in [7, 11) is 0. The van der Waals surface area contributed by atoms with Gasteiger partial charge in [0.2, 0.25) is 11.8 Å². The van der Waals surface area contributed by atoms with Crippen molar-refractivity contribution in [2.45, 2.75) is 77.8 Å². The van der Waals surface area contributed by atoms with Crippen LogP contribution in [0.1, 0.15) is 66.2 Å². The summed E-state index contributed by atoms with van der Waals surface area (Å²) in [6, 6.07) is -0.406. The molecule has 2 rings (SSSR count). The lowest BCUT2D eigenvalue weighted by Crippen LogP contribution is -2.58. The summed E-state index contributed by atoms with van der Waals surface area (Å²) < 4.78 is 0. The van der Waals surface area contributed by atoms with Crippen LogP contribution in [0.5, 0.6) is 0 Å². The molecule has 4 heteroatoms. The second-order valence-electron chi connectivity index (χ2n) is 7.66. The molecule has 1 saturated carbocycles. The van der Waals surface area contributed by atoms with Gasteiger partial charge in [0.25, 0.3) is 0 Å². The Labute approximate surface area is 122 Å². The molecule has 2 fully saturated rings. The van der Waals surface area contributed by atoms with Crippen molar-refractivity contribution < 1.29 is 9.59 Å². The lowest BCUT2D eigenvalue weighted by Gasteiger charge is -2.45. The van der Waals surface area contributed by atoms with Crippen LogP contribution in [0.25, 0.3) is 0 Å². The minimum absolute atomic E-state index is 0.000171. The first-order valence-corrected chi connectivity index (χ1v) is 7.85. The fourth-order valence-electron chi connectivity index (χ4n) is 3.48. The Kier molecular flexibility index (Phi) is 4.12. The van der Waals surface area contributed by atoms with E-state index in [2.05, 4.69) is 12.2 Å². The molecule has 0 aromatic heterocycles. The molecule has 1 unspecified atom stereocenters. The summed E-state index contributed by atoms with van der Waals surface area (Å²) in [5.74, 6) is 0.105. The predicted octanol–water partition coefficient (Wildman–Crippen LogP) is 2.47. The largest absolute Gasteiger partial charge is 0.344 e. The number of nitrogens with zero attached hydrogens (tertiary/aromatic N) is 1. The highest BCUT2D eigenvalue weighted by Gasteiger charge is 2.44. The Bertz CT molecular complexity index is 392. The van der Waals surface area contributed by atoms with E-state index in [-0.39, 0.29) is 22.8 Å². The third-order valence-corrected chi connectivity index (χ3v) is 4.83. The molecule has 2 amide bonds. The van der Waals surface area contributed by atoms with Crippen molar-refractivity contribution in [2.75, 3.05) is 6.54 Å². The Balaban J connectivity index is 2.27. The maximum Gasteiger partial charge on any atom is 0.246 e. The maximum atomic E-state index is 13.0. The first-order chi connectivity index (χ1) is 9.24. The highest BCUT2D eigenvalue weighted by molar-refractivity contribution is 5.91. The third kappa shape index (κ3) is 2.99. The first kappa shape index (κ1) is 15.3. The lowest BCUT2D eigenvalue weighted by molar-refractivity contribution is -0.142. The molecule has 0 bridgehead atoms. The number of amides is 2. The van der Waals surface area contributed by atoms with E-state index in [1.165, 1.54) is 19.3 Å². The van der Waals surface area contributed by atoms with Crippen LogP contribution < -0.4 is 5.32 Å². The van der Waals surface area contributed by atoms with Crippen molar-refractivity contribution in [1.29, 1.82) is 0 Å². The molecule has 0 aromatic carbocycles. The SMILES string of the molecule is CC(C)(C)C1NC(=O)CCN(C2(C)CCCCC2)C1=O. The van der Waals surface area contributed by atoms with Gasteiger partial charge in [-0.1, -0.05) is 40.0 Å². The second-order valence-corrected chi connectivity index (χ2v) is 7.66. The van der Waals surface area contributed by atoms with E-state index in [0.717, 1.165) is 12.8 Å². The molecule has 0 radical (unpaired) electrons. The summed E-state index contributed by atoms with van der Waals surface area (Å²) in [6.07, 6.45) is 6.17. The number of hydrogen-bond acceptors (Lipinski definition) is 2. The van der Waals surface area contributed by atoms with Gasteiger partial charge in [-0.3, -0.25) is 9.59 Å². The normalized spacial score (nSPS) is 28.0.